The summed E-state index contributed by atoms with van der Waals surface area (Å²) < 4.78 is 0. The lowest BCUT2D eigenvalue weighted by molar-refractivity contribution is 0.412. The van der Waals surface area contributed by atoms with Crippen molar-refractivity contribution in [2.45, 2.75) is 58.9 Å². The van der Waals surface area contributed by atoms with Crippen LogP contribution in [-0.2, 0) is 12.8 Å². The molecule has 2 atom stereocenters. The Morgan fingerprint density at radius 1 is 1.35 bits per heavy atom. The lowest BCUT2D eigenvalue weighted by Crippen LogP contribution is -2.22. The second-order valence-corrected chi connectivity index (χ2v) is 6.48. The molecule has 0 amide bonds. The minimum atomic E-state index is 0.588. The Hall–Kier alpha value is -0.340. The number of thiophene rings is 1. The zero-order valence-corrected chi connectivity index (χ0v) is 12.2. The van der Waals surface area contributed by atoms with Crippen LogP contribution in [0.2, 0.25) is 0 Å². The summed E-state index contributed by atoms with van der Waals surface area (Å²) in [6.07, 6.45) is 6.57. The topological polar surface area (TPSA) is 12.0 Å². The Morgan fingerprint density at radius 3 is 2.82 bits per heavy atom. The molecule has 1 aromatic rings. The maximum absolute atomic E-state index is 3.66. The molecule has 1 heterocycles. The summed E-state index contributed by atoms with van der Waals surface area (Å²) in [7, 11) is 0. The van der Waals surface area contributed by atoms with Gasteiger partial charge < -0.3 is 5.32 Å². The molecule has 1 aliphatic carbocycles. The van der Waals surface area contributed by atoms with Crippen molar-refractivity contribution in [3.05, 3.63) is 21.4 Å². The van der Waals surface area contributed by atoms with Gasteiger partial charge in [0.25, 0.3) is 0 Å². The molecule has 0 saturated heterocycles. The molecule has 0 saturated carbocycles. The van der Waals surface area contributed by atoms with E-state index in [1.807, 2.05) is 0 Å². The van der Waals surface area contributed by atoms with Crippen molar-refractivity contribution in [1.82, 2.24) is 5.32 Å². The highest BCUT2D eigenvalue weighted by molar-refractivity contribution is 7.12. The molecule has 1 aliphatic rings. The summed E-state index contributed by atoms with van der Waals surface area (Å²) in [4.78, 5) is 3.24. The van der Waals surface area contributed by atoms with E-state index in [0.29, 0.717) is 6.04 Å². The predicted octanol–water partition coefficient (Wildman–Crippen LogP) is 4.32. The second-order valence-electron chi connectivity index (χ2n) is 5.31. The van der Waals surface area contributed by atoms with E-state index in [1.165, 1.54) is 32.1 Å². The maximum atomic E-state index is 3.66. The van der Waals surface area contributed by atoms with Crippen LogP contribution < -0.4 is 5.32 Å². The quantitative estimate of drug-likeness (QED) is 0.794. The van der Waals surface area contributed by atoms with Gasteiger partial charge in [0.05, 0.1) is 0 Å². The fourth-order valence-corrected chi connectivity index (χ4v) is 3.99. The van der Waals surface area contributed by atoms with Crippen molar-refractivity contribution < 1.29 is 0 Å². The Balaban J connectivity index is 2.08. The van der Waals surface area contributed by atoms with E-state index in [1.54, 1.807) is 15.3 Å². The first-order chi connectivity index (χ1) is 8.24. The van der Waals surface area contributed by atoms with Gasteiger partial charge in [0.15, 0.2) is 0 Å². The van der Waals surface area contributed by atoms with E-state index in [9.17, 15) is 0 Å². The third-order valence-electron chi connectivity index (χ3n) is 3.89. The molecule has 0 spiro atoms. The van der Waals surface area contributed by atoms with Gasteiger partial charge in [-0.25, -0.2) is 0 Å². The summed E-state index contributed by atoms with van der Waals surface area (Å²) >= 11 is 2.06. The molecule has 1 nitrogen and oxygen atoms in total. The summed E-state index contributed by atoms with van der Waals surface area (Å²) in [5, 5.41) is 3.66. The Kier molecular flexibility index (Phi) is 4.63. The van der Waals surface area contributed by atoms with Crippen LogP contribution >= 0.6 is 11.3 Å². The largest absolute Gasteiger partial charge is 0.310 e. The SMILES string of the molecule is CCNC(CC(C)CC)c1cc2c(s1)CCC2. The van der Waals surface area contributed by atoms with Crippen LogP contribution in [0.5, 0.6) is 0 Å². The lowest BCUT2D eigenvalue weighted by atomic mass is 9.98. The zero-order valence-electron chi connectivity index (χ0n) is 11.4. The van der Waals surface area contributed by atoms with E-state index < -0.39 is 0 Å². The van der Waals surface area contributed by atoms with Crippen LogP contribution in [0.15, 0.2) is 6.07 Å². The van der Waals surface area contributed by atoms with E-state index in [4.69, 9.17) is 0 Å². The molecule has 1 aromatic heterocycles. The normalized spacial score (nSPS) is 18.1. The summed E-state index contributed by atoms with van der Waals surface area (Å²) in [5.41, 5.74) is 1.64. The Labute approximate surface area is 110 Å². The smallest absolute Gasteiger partial charge is 0.0417 e. The molecular formula is C15H25NS. The first kappa shape index (κ1) is 13.1. The molecule has 2 unspecified atom stereocenters. The third-order valence-corrected chi connectivity index (χ3v) is 5.25. The van der Waals surface area contributed by atoms with Gasteiger partial charge in [-0.1, -0.05) is 27.2 Å². The molecule has 1 N–H and O–H groups in total. The van der Waals surface area contributed by atoms with Gasteiger partial charge in [-0.3, -0.25) is 0 Å². The Bertz CT molecular complexity index is 334. The third kappa shape index (κ3) is 3.11. The molecule has 0 radical (unpaired) electrons. The van der Waals surface area contributed by atoms with E-state index >= 15 is 0 Å². The predicted molar refractivity (Wildman–Crippen MR) is 76.8 cm³/mol. The van der Waals surface area contributed by atoms with Gasteiger partial charge in [-0.15, -0.1) is 11.3 Å². The first-order valence-electron chi connectivity index (χ1n) is 7.09. The summed E-state index contributed by atoms with van der Waals surface area (Å²) in [6, 6.07) is 3.06. The number of rotatable bonds is 6. The standard InChI is InChI=1S/C15H25NS/c1-4-11(3)9-13(16-5-2)15-10-12-7-6-8-14(12)17-15/h10-11,13,16H,4-9H2,1-3H3. The van der Waals surface area contributed by atoms with Crippen molar-refractivity contribution in [2.75, 3.05) is 6.54 Å². The van der Waals surface area contributed by atoms with Gasteiger partial charge in [0.2, 0.25) is 0 Å². The van der Waals surface area contributed by atoms with Crippen LogP contribution in [0.25, 0.3) is 0 Å². The second kappa shape index (κ2) is 6.01. The van der Waals surface area contributed by atoms with Crippen LogP contribution in [-0.4, -0.2) is 6.54 Å². The van der Waals surface area contributed by atoms with Crippen molar-refractivity contribution in [3.8, 4) is 0 Å². The highest BCUT2D eigenvalue weighted by Gasteiger charge is 2.20. The molecule has 0 bridgehead atoms. The average Bonchev–Trinajstić information content (AvgIpc) is 2.88. The monoisotopic (exact) mass is 251 g/mol. The van der Waals surface area contributed by atoms with Crippen molar-refractivity contribution in [3.63, 3.8) is 0 Å². The molecule has 2 rings (SSSR count). The molecular weight excluding hydrogens is 226 g/mol. The Morgan fingerprint density at radius 2 is 2.18 bits per heavy atom. The van der Waals surface area contributed by atoms with Gasteiger partial charge in [0.1, 0.15) is 0 Å². The van der Waals surface area contributed by atoms with Crippen molar-refractivity contribution in [2.24, 2.45) is 5.92 Å². The van der Waals surface area contributed by atoms with Gasteiger partial charge in [-0.05, 0) is 49.8 Å². The minimum absolute atomic E-state index is 0.588. The number of hydrogen-bond acceptors (Lipinski definition) is 2. The van der Waals surface area contributed by atoms with Gasteiger partial charge >= 0.3 is 0 Å². The highest BCUT2D eigenvalue weighted by atomic mass is 32.1. The van der Waals surface area contributed by atoms with Gasteiger partial charge in [-0.2, -0.15) is 0 Å². The molecule has 0 aliphatic heterocycles. The minimum Gasteiger partial charge on any atom is -0.310 e. The van der Waals surface area contributed by atoms with E-state index in [-0.39, 0.29) is 0 Å². The molecule has 17 heavy (non-hydrogen) atoms. The van der Waals surface area contributed by atoms with Crippen LogP contribution in [0.1, 0.15) is 61.4 Å². The van der Waals surface area contributed by atoms with Crippen LogP contribution in [0.4, 0.5) is 0 Å². The fraction of sp³-hybridized carbons (Fsp3) is 0.733. The molecule has 0 fully saturated rings. The van der Waals surface area contributed by atoms with E-state index in [2.05, 4.69) is 43.5 Å². The lowest BCUT2D eigenvalue weighted by Gasteiger charge is -2.20. The number of fused-ring (bicyclic) bond motifs is 1. The van der Waals surface area contributed by atoms with Gasteiger partial charge in [0, 0.05) is 15.8 Å². The summed E-state index contributed by atoms with van der Waals surface area (Å²) in [6.45, 7) is 7.95. The number of hydrogen-bond donors (Lipinski definition) is 1. The van der Waals surface area contributed by atoms with Crippen molar-refractivity contribution in [1.29, 1.82) is 0 Å². The van der Waals surface area contributed by atoms with Crippen LogP contribution in [0, 0.1) is 5.92 Å². The maximum Gasteiger partial charge on any atom is 0.0417 e. The highest BCUT2D eigenvalue weighted by Crippen LogP contribution is 2.36. The fourth-order valence-electron chi connectivity index (χ4n) is 2.64. The van der Waals surface area contributed by atoms with Crippen LogP contribution in [0.3, 0.4) is 0 Å². The number of nitrogens with one attached hydrogen (secondary N) is 1. The molecule has 2 heteroatoms. The average molecular weight is 251 g/mol. The molecule has 0 aromatic carbocycles. The first-order valence-corrected chi connectivity index (χ1v) is 7.91. The summed E-state index contributed by atoms with van der Waals surface area (Å²) in [5.74, 6) is 0.816. The van der Waals surface area contributed by atoms with E-state index in [0.717, 1.165) is 12.5 Å². The zero-order chi connectivity index (χ0) is 12.3. The molecule has 96 valence electrons. The number of aryl methyl sites for hydroxylation is 2. The van der Waals surface area contributed by atoms with Crippen molar-refractivity contribution >= 4 is 11.3 Å².